The summed E-state index contributed by atoms with van der Waals surface area (Å²) in [4.78, 5) is 0. The smallest absolute Gasteiger partial charge is 0.256 e. The lowest BCUT2D eigenvalue weighted by molar-refractivity contribution is 0.0642. The summed E-state index contributed by atoms with van der Waals surface area (Å²) >= 11 is 0. The van der Waals surface area contributed by atoms with Crippen molar-refractivity contribution in [3.05, 3.63) is 6.20 Å². The van der Waals surface area contributed by atoms with Gasteiger partial charge in [-0.15, -0.1) is 5.10 Å². The number of aromatic nitrogens is 2. The maximum absolute atomic E-state index is 5.67. The number of rotatable bonds is 8. The Hall–Kier alpha value is -1.27. The second-order valence-electron chi connectivity index (χ2n) is 3.37. The Morgan fingerprint density at radius 1 is 1.31 bits per heavy atom. The molecule has 92 valence electrons. The van der Waals surface area contributed by atoms with E-state index >= 15 is 0 Å². The van der Waals surface area contributed by atoms with Crippen LogP contribution in [0.15, 0.2) is 6.20 Å². The van der Waals surface area contributed by atoms with E-state index in [0.29, 0.717) is 38.0 Å². The zero-order valence-corrected chi connectivity index (χ0v) is 9.81. The average molecular weight is 229 g/mol. The fraction of sp³-hybridized carbons (Fsp3) is 0.700. The highest BCUT2D eigenvalue weighted by Gasteiger charge is 2.04. The van der Waals surface area contributed by atoms with Crippen molar-refractivity contribution >= 4 is 5.69 Å². The van der Waals surface area contributed by atoms with Crippen LogP contribution in [-0.4, -0.2) is 43.3 Å². The number of aryl methyl sites for hydroxylation is 1. The predicted octanol–water partition coefficient (Wildman–Crippen LogP) is 0.434. The second kappa shape index (κ2) is 7.08. The first kappa shape index (κ1) is 12.8. The van der Waals surface area contributed by atoms with Gasteiger partial charge in [-0.05, 0) is 0 Å². The highest BCUT2D eigenvalue weighted by atomic mass is 16.5. The van der Waals surface area contributed by atoms with Crippen molar-refractivity contribution in [1.82, 2.24) is 9.78 Å². The number of hydrogen-bond donors (Lipinski definition) is 1. The molecule has 0 aliphatic rings. The summed E-state index contributed by atoms with van der Waals surface area (Å²) in [5, 5.41) is 4.07. The zero-order chi connectivity index (χ0) is 11.8. The second-order valence-corrected chi connectivity index (χ2v) is 3.37. The summed E-state index contributed by atoms with van der Waals surface area (Å²) in [7, 11) is 3.45. The summed E-state index contributed by atoms with van der Waals surface area (Å²) in [5.74, 6) is 0.486. The monoisotopic (exact) mass is 229 g/mol. The van der Waals surface area contributed by atoms with Crippen molar-refractivity contribution in [3.8, 4) is 5.88 Å². The summed E-state index contributed by atoms with van der Waals surface area (Å²) < 4.78 is 17.2. The third-order valence-corrected chi connectivity index (χ3v) is 1.93. The number of nitrogens with zero attached hydrogens (tertiary/aromatic N) is 2. The lowest BCUT2D eigenvalue weighted by atomic mass is 10.5. The highest BCUT2D eigenvalue weighted by Crippen LogP contribution is 2.16. The number of anilines is 1. The molecule has 0 aromatic carbocycles. The van der Waals surface area contributed by atoms with Gasteiger partial charge in [-0.3, -0.25) is 4.68 Å². The van der Waals surface area contributed by atoms with Crippen molar-refractivity contribution in [3.63, 3.8) is 0 Å². The van der Waals surface area contributed by atoms with Crippen molar-refractivity contribution in [2.75, 3.05) is 39.3 Å². The SMILES string of the molecule is COCCOCCCOc1nn(C)cc1N. The molecule has 0 radical (unpaired) electrons. The van der Waals surface area contributed by atoms with E-state index in [1.54, 1.807) is 25.0 Å². The molecular weight excluding hydrogens is 210 g/mol. The first-order valence-corrected chi connectivity index (χ1v) is 5.22. The Morgan fingerprint density at radius 2 is 2.12 bits per heavy atom. The van der Waals surface area contributed by atoms with Crippen LogP contribution >= 0.6 is 0 Å². The molecule has 16 heavy (non-hydrogen) atoms. The Kier molecular flexibility index (Phi) is 5.66. The minimum atomic E-state index is 0.486. The molecule has 1 heterocycles. The van der Waals surface area contributed by atoms with E-state index in [9.17, 15) is 0 Å². The molecular formula is C10H19N3O3. The van der Waals surface area contributed by atoms with Crippen molar-refractivity contribution < 1.29 is 14.2 Å². The van der Waals surface area contributed by atoms with E-state index in [0.717, 1.165) is 6.42 Å². The number of methoxy groups -OCH3 is 1. The quantitative estimate of drug-likeness (QED) is 0.655. The van der Waals surface area contributed by atoms with E-state index < -0.39 is 0 Å². The van der Waals surface area contributed by atoms with Gasteiger partial charge in [0.2, 0.25) is 0 Å². The molecule has 0 saturated carbocycles. The first-order valence-electron chi connectivity index (χ1n) is 5.22. The summed E-state index contributed by atoms with van der Waals surface area (Å²) in [6.45, 7) is 2.43. The number of nitrogen functional groups attached to an aromatic ring is 1. The van der Waals surface area contributed by atoms with Crippen LogP contribution in [0, 0.1) is 0 Å². The number of hydrogen-bond acceptors (Lipinski definition) is 5. The molecule has 0 atom stereocenters. The molecule has 1 aromatic rings. The van der Waals surface area contributed by atoms with Crippen LogP contribution in [0.4, 0.5) is 5.69 Å². The third kappa shape index (κ3) is 4.50. The molecule has 0 saturated heterocycles. The fourth-order valence-electron chi connectivity index (χ4n) is 1.17. The maximum atomic E-state index is 5.67. The summed E-state index contributed by atoms with van der Waals surface area (Å²) in [6, 6.07) is 0. The van der Waals surface area contributed by atoms with E-state index in [2.05, 4.69) is 5.10 Å². The van der Waals surface area contributed by atoms with Crippen LogP contribution < -0.4 is 10.5 Å². The van der Waals surface area contributed by atoms with Gasteiger partial charge in [-0.2, -0.15) is 0 Å². The molecule has 1 rings (SSSR count). The van der Waals surface area contributed by atoms with Crippen LogP contribution in [0.1, 0.15) is 6.42 Å². The van der Waals surface area contributed by atoms with Gasteiger partial charge in [0.1, 0.15) is 5.69 Å². The van der Waals surface area contributed by atoms with E-state index in [4.69, 9.17) is 19.9 Å². The topological polar surface area (TPSA) is 71.5 Å². The molecule has 0 spiro atoms. The van der Waals surface area contributed by atoms with E-state index in [-0.39, 0.29) is 0 Å². The van der Waals surface area contributed by atoms with Crippen molar-refractivity contribution in [2.24, 2.45) is 7.05 Å². The largest absolute Gasteiger partial charge is 0.475 e. The summed E-state index contributed by atoms with van der Waals surface area (Å²) in [5.41, 5.74) is 6.22. The van der Waals surface area contributed by atoms with E-state index in [1.807, 2.05) is 0 Å². The number of nitrogens with two attached hydrogens (primary N) is 1. The first-order chi connectivity index (χ1) is 7.74. The fourth-order valence-corrected chi connectivity index (χ4v) is 1.17. The van der Waals surface area contributed by atoms with Gasteiger partial charge < -0.3 is 19.9 Å². The lowest BCUT2D eigenvalue weighted by Gasteiger charge is -2.04. The highest BCUT2D eigenvalue weighted by molar-refractivity contribution is 5.45. The van der Waals surface area contributed by atoms with Crippen LogP contribution in [0.5, 0.6) is 5.88 Å². The van der Waals surface area contributed by atoms with Crippen molar-refractivity contribution in [1.29, 1.82) is 0 Å². The van der Waals surface area contributed by atoms with Crippen LogP contribution in [0.3, 0.4) is 0 Å². The predicted molar refractivity (Wildman–Crippen MR) is 60.4 cm³/mol. The molecule has 0 amide bonds. The van der Waals surface area contributed by atoms with Gasteiger partial charge in [0, 0.05) is 27.2 Å². The minimum Gasteiger partial charge on any atom is -0.475 e. The molecule has 0 unspecified atom stereocenters. The maximum Gasteiger partial charge on any atom is 0.256 e. The third-order valence-electron chi connectivity index (χ3n) is 1.93. The molecule has 0 aliphatic carbocycles. The van der Waals surface area contributed by atoms with E-state index in [1.165, 1.54) is 0 Å². The minimum absolute atomic E-state index is 0.486. The summed E-state index contributed by atoms with van der Waals surface area (Å²) in [6.07, 6.45) is 2.52. The van der Waals surface area contributed by atoms with Crippen LogP contribution in [-0.2, 0) is 16.5 Å². The Labute approximate surface area is 95.3 Å². The molecule has 0 aliphatic heterocycles. The molecule has 0 fully saturated rings. The van der Waals surface area contributed by atoms with Gasteiger partial charge in [-0.25, -0.2) is 0 Å². The Balaban J connectivity index is 2.05. The molecule has 1 aromatic heterocycles. The van der Waals surface area contributed by atoms with Gasteiger partial charge in [0.15, 0.2) is 0 Å². The lowest BCUT2D eigenvalue weighted by Crippen LogP contribution is -2.07. The molecule has 2 N–H and O–H groups in total. The van der Waals surface area contributed by atoms with Crippen LogP contribution in [0.2, 0.25) is 0 Å². The normalized spacial score (nSPS) is 10.6. The van der Waals surface area contributed by atoms with Gasteiger partial charge in [0.25, 0.3) is 5.88 Å². The Bertz CT molecular complexity index is 301. The molecule has 6 heteroatoms. The number of ether oxygens (including phenoxy) is 3. The standard InChI is InChI=1S/C10H19N3O3/c1-13-8-9(11)10(12-13)16-5-3-4-15-7-6-14-2/h8H,3-7,11H2,1-2H3. The van der Waals surface area contributed by atoms with Gasteiger partial charge in [0.05, 0.1) is 26.0 Å². The van der Waals surface area contributed by atoms with Crippen molar-refractivity contribution in [2.45, 2.75) is 6.42 Å². The molecule has 0 bridgehead atoms. The van der Waals surface area contributed by atoms with Gasteiger partial charge in [-0.1, -0.05) is 0 Å². The van der Waals surface area contributed by atoms with Gasteiger partial charge >= 0.3 is 0 Å². The van der Waals surface area contributed by atoms with Crippen LogP contribution in [0.25, 0.3) is 0 Å². The zero-order valence-electron chi connectivity index (χ0n) is 9.81. The Morgan fingerprint density at radius 3 is 2.75 bits per heavy atom. The molecule has 6 nitrogen and oxygen atoms in total. The average Bonchev–Trinajstić information content (AvgIpc) is 2.56.